The molecule has 0 bridgehead atoms. The van der Waals surface area contributed by atoms with Gasteiger partial charge in [-0.25, -0.2) is 0 Å². The van der Waals surface area contributed by atoms with Crippen LogP contribution in [0.2, 0.25) is 0 Å². The molecule has 7 heteroatoms. The number of nitrogens with one attached hydrogen (secondary N) is 1. The topological polar surface area (TPSA) is 76.5 Å². The van der Waals surface area contributed by atoms with Crippen molar-refractivity contribution in [3.8, 4) is 5.75 Å². The number of aromatic nitrogens is 2. The van der Waals surface area contributed by atoms with Crippen LogP contribution in [-0.2, 0) is 22.6 Å². The highest BCUT2D eigenvalue weighted by molar-refractivity contribution is 5.83. The Kier molecular flexibility index (Phi) is 6.59. The Morgan fingerprint density at radius 2 is 2.00 bits per heavy atom. The molecule has 0 aliphatic carbocycles. The van der Waals surface area contributed by atoms with E-state index >= 15 is 0 Å². The van der Waals surface area contributed by atoms with Gasteiger partial charge in [0.2, 0.25) is 11.8 Å². The number of carbonyl (C=O) groups is 2. The number of para-hydroxylation sites is 1. The Bertz CT molecular complexity index is 888. The molecule has 1 aromatic heterocycles. The molecular weight excluding hydrogens is 392 g/mol. The lowest BCUT2D eigenvalue weighted by atomic mass is 9.73. The van der Waals surface area contributed by atoms with Gasteiger partial charge in [0.1, 0.15) is 18.9 Å². The van der Waals surface area contributed by atoms with Crippen molar-refractivity contribution in [3.63, 3.8) is 0 Å². The van der Waals surface area contributed by atoms with Crippen molar-refractivity contribution in [3.05, 3.63) is 48.3 Å². The van der Waals surface area contributed by atoms with Gasteiger partial charge in [-0.05, 0) is 56.7 Å². The van der Waals surface area contributed by atoms with Crippen molar-refractivity contribution in [1.29, 1.82) is 0 Å². The number of amides is 2. The number of nitrogens with zero attached hydrogens (tertiary/aromatic N) is 3. The highest BCUT2D eigenvalue weighted by atomic mass is 16.5. The molecule has 31 heavy (non-hydrogen) atoms. The number of rotatable bonds is 2. The van der Waals surface area contributed by atoms with E-state index in [2.05, 4.69) is 22.5 Å². The molecule has 166 valence electrons. The van der Waals surface area contributed by atoms with E-state index in [1.54, 1.807) is 17.1 Å². The summed E-state index contributed by atoms with van der Waals surface area (Å²) in [6.45, 7) is 3.92. The SMILES string of the molecule is C[C@@H]1COc2ccccc2CCCCC2(CCN(C(=O)Cn3cccn3)CC2)C(=O)N1. The van der Waals surface area contributed by atoms with Crippen LogP contribution in [0, 0.1) is 5.41 Å². The molecule has 1 spiro atoms. The van der Waals surface area contributed by atoms with Gasteiger partial charge in [-0.1, -0.05) is 24.6 Å². The zero-order chi connectivity index (χ0) is 21.7. The normalized spacial score (nSPS) is 21.9. The van der Waals surface area contributed by atoms with Gasteiger partial charge >= 0.3 is 0 Å². The van der Waals surface area contributed by atoms with Gasteiger partial charge in [0, 0.05) is 25.5 Å². The first-order valence-corrected chi connectivity index (χ1v) is 11.3. The van der Waals surface area contributed by atoms with Gasteiger partial charge in [-0.2, -0.15) is 5.10 Å². The summed E-state index contributed by atoms with van der Waals surface area (Å²) >= 11 is 0. The third-order valence-corrected chi connectivity index (χ3v) is 6.60. The molecule has 4 rings (SSSR count). The third-order valence-electron chi connectivity index (χ3n) is 6.60. The highest BCUT2D eigenvalue weighted by Crippen LogP contribution is 2.38. The van der Waals surface area contributed by atoms with Crippen molar-refractivity contribution < 1.29 is 14.3 Å². The minimum atomic E-state index is -0.407. The van der Waals surface area contributed by atoms with E-state index in [0.29, 0.717) is 32.5 Å². The number of carbonyl (C=O) groups excluding carboxylic acids is 2. The molecule has 0 unspecified atom stereocenters. The van der Waals surface area contributed by atoms with Gasteiger partial charge < -0.3 is 15.0 Å². The molecule has 1 fully saturated rings. The van der Waals surface area contributed by atoms with Crippen molar-refractivity contribution in [2.45, 2.75) is 58.0 Å². The first kappa shape index (κ1) is 21.4. The molecule has 0 saturated carbocycles. The van der Waals surface area contributed by atoms with Crippen molar-refractivity contribution in [2.75, 3.05) is 19.7 Å². The standard InChI is InChI=1S/C24H32N4O3/c1-19-18-31-21-9-3-2-7-20(21)8-4-5-10-24(23(30)26-19)11-15-27(16-12-24)22(29)17-28-14-6-13-25-28/h2-3,6-7,9,13-14,19H,4-5,8,10-12,15-18H2,1H3,(H,26,30)/t19-/m1/s1. The van der Waals surface area contributed by atoms with E-state index in [1.807, 2.05) is 30.0 Å². The lowest BCUT2D eigenvalue weighted by Crippen LogP contribution is -2.53. The maximum Gasteiger partial charge on any atom is 0.244 e. The van der Waals surface area contributed by atoms with Gasteiger partial charge in [0.15, 0.2) is 0 Å². The first-order chi connectivity index (χ1) is 15.1. The Labute approximate surface area is 183 Å². The van der Waals surface area contributed by atoms with Gasteiger partial charge in [-0.3, -0.25) is 14.3 Å². The second kappa shape index (κ2) is 9.54. The Morgan fingerprint density at radius 3 is 2.77 bits per heavy atom. The van der Waals surface area contributed by atoms with E-state index in [4.69, 9.17) is 4.74 Å². The third kappa shape index (κ3) is 5.09. The number of likely N-dealkylation sites (tertiary alicyclic amines) is 1. The predicted molar refractivity (Wildman–Crippen MR) is 118 cm³/mol. The molecule has 1 aromatic carbocycles. The number of hydrogen-bond donors (Lipinski definition) is 1. The lowest BCUT2D eigenvalue weighted by Gasteiger charge is -2.41. The van der Waals surface area contributed by atoms with Gasteiger partial charge in [0.05, 0.1) is 11.5 Å². The molecule has 1 saturated heterocycles. The molecule has 1 atom stereocenters. The highest BCUT2D eigenvalue weighted by Gasteiger charge is 2.42. The van der Waals surface area contributed by atoms with Crippen LogP contribution in [0.3, 0.4) is 0 Å². The van der Waals surface area contributed by atoms with Crippen LogP contribution in [0.15, 0.2) is 42.7 Å². The summed E-state index contributed by atoms with van der Waals surface area (Å²) < 4.78 is 7.67. The van der Waals surface area contributed by atoms with Crippen LogP contribution in [0.1, 0.15) is 44.6 Å². The predicted octanol–water partition coefficient (Wildman–Crippen LogP) is 2.80. The zero-order valence-corrected chi connectivity index (χ0v) is 18.3. The van der Waals surface area contributed by atoms with Crippen LogP contribution >= 0.6 is 0 Å². The van der Waals surface area contributed by atoms with E-state index < -0.39 is 5.41 Å². The van der Waals surface area contributed by atoms with Crippen LogP contribution in [0.4, 0.5) is 0 Å². The molecule has 2 aliphatic heterocycles. The molecule has 2 aromatic rings. The Hall–Kier alpha value is -2.83. The van der Waals surface area contributed by atoms with E-state index in [-0.39, 0.29) is 24.4 Å². The monoisotopic (exact) mass is 424 g/mol. The van der Waals surface area contributed by atoms with Gasteiger partial charge in [0.25, 0.3) is 0 Å². The summed E-state index contributed by atoms with van der Waals surface area (Å²) in [5.74, 6) is 1.09. The Morgan fingerprint density at radius 1 is 1.19 bits per heavy atom. The summed E-state index contributed by atoms with van der Waals surface area (Å²) in [5, 5.41) is 7.31. The minimum absolute atomic E-state index is 0.0606. The second-order valence-corrected chi connectivity index (χ2v) is 8.87. The lowest BCUT2D eigenvalue weighted by molar-refractivity contribution is -0.142. The Balaban J connectivity index is 1.41. The maximum atomic E-state index is 13.3. The number of hydrogen-bond acceptors (Lipinski definition) is 4. The van der Waals surface area contributed by atoms with Crippen LogP contribution in [0.25, 0.3) is 0 Å². The number of piperidine rings is 1. The molecule has 2 aliphatic rings. The minimum Gasteiger partial charge on any atom is -0.491 e. The van der Waals surface area contributed by atoms with E-state index in [9.17, 15) is 9.59 Å². The van der Waals surface area contributed by atoms with Crippen molar-refractivity contribution in [1.82, 2.24) is 20.0 Å². The average Bonchev–Trinajstić information content (AvgIpc) is 3.28. The summed E-state index contributed by atoms with van der Waals surface area (Å²) in [5.41, 5.74) is 0.824. The van der Waals surface area contributed by atoms with Crippen LogP contribution < -0.4 is 10.1 Å². The maximum absolute atomic E-state index is 13.3. The van der Waals surface area contributed by atoms with Crippen LogP contribution in [0.5, 0.6) is 5.75 Å². The van der Waals surface area contributed by atoms with E-state index in [0.717, 1.165) is 31.4 Å². The van der Waals surface area contributed by atoms with Crippen molar-refractivity contribution >= 4 is 11.8 Å². The summed E-state index contributed by atoms with van der Waals surface area (Å²) in [4.78, 5) is 27.8. The van der Waals surface area contributed by atoms with Gasteiger partial charge in [-0.15, -0.1) is 0 Å². The number of ether oxygens (including phenoxy) is 1. The number of benzene rings is 1. The largest absolute Gasteiger partial charge is 0.491 e. The quantitative estimate of drug-likeness (QED) is 0.804. The van der Waals surface area contributed by atoms with Crippen molar-refractivity contribution in [2.24, 2.45) is 5.41 Å². The smallest absolute Gasteiger partial charge is 0.244 e. The first-order valence-electron chi connectivity index (χ1n) is 11.3. The molecule has 2 amide bonds. The fraction of sp³-hybridized carbons (Fsp3) is 0.542. The van der Waals surface area contributed by atoms with E-state index in [1.165, 1.54) is 5.56 Å². The zero-order valence-electron chi connectivity index (χ0n) is 18.3. The molecular formula is C24H32N4O3. The fourth-order valence-corrected chi connectivity index (χ4v) is 4.67. The number of fused-ring (bicyclic) bond motifs is 1. The van der Waals surface area contributed by atoms with Crippen LogP contribution in [-0.4, -0.2) is 52.2 Å². The summed E-state index contributed by atoms with van der Waals surface area (Å²) in [6, 6.07) is 9.92. The summed E-state index contributed by atoms with van der Waals surface area (Å²) in [7, 11) is 0. The fourth-order valence-electron chi connectivity index (χ4n) is 4.67. The number of aryl methyl sites for hydroxylation is 1. The summed E-state index contributed by atoms with van der Waals surface area (Å²) in [6.07, 6.45) is 8.70. The molecule has 1 N–H and O–H groups in total. The molecule has 7 nitrogen and oxygen atoms in total. The molecule has 3 heterocycles. The second-order valence-electron chi connectivity index (χ2n) is 8.87. The molecule has 0 radical (unpaired) electrons. The average molecular weight is 425 g/mol.